The predicted molar refractivity (Wildman–Crippen MR) is 171 cm³/mol. The molecule has 44 heavy (non-hydrogen) atoms. The van der Waals surface area contributed by atoms with E-state index < -0.39 is 5.82 Å². The number of anilines is 3. The number of rotatable bonds is 8. The van der Waals surface area contributed by atoms with Crippen LogP contribution in [0.15, 0.2) is 95.8 Å². The molecule has 1 aliphatic heterocycles. The van der Waals surface area contributed by atoms with Crippen molar-refractivity contribution in [3.8, 4) is 0 Å². The SMILES string of the molecule is C=C/C=C\C(=C(/C)OC)c1ccc2oc(C(=O)Nc3ccc(N4CCN(C(=O)Nc5ccccc5F)CC4)nc3)c(C)c2c1. The number of fused-ring (bicyclic) bond motifs is 1. The summed E-state index contributed by atoms with van der Waals surface area (Å²) in [6, 6.07) is 15.1. The van der Waals surface area contributed by atoms with Crippen molar-refractivity contribution in [3.05, 3.63) is 114 Å². The van der Waals surface area contributed by atoms with Gasteiger partial charge in [0.2, 0.25) is 0 Å². The van der Waals surface area contributed by atoms with Crippen molar-refractivity contribution in [1.82, 2.24) is 9.88 Å². The smallest absolute Gasteiger partial charge is 0.322 e. The molecule has 0 spiro atoms. The van der Waals surface area contributed by atoms with Crippen molar-refractivity contribution in [2.24, 2.45) is 0 Å². The van der Waals surface area contributed by atoms with Crippen LogP contribution < -0.4 is 15.5 Å². The van der Waals surface area contributed by atoms with Gasteiger partial charge in [0.1, 0.15) is 23.0 Å². The van der Waals surface area contributed by atoms with Gasteiger partial charge in [-0.2, -0.15) is 0 Å². The minimum Gasteiger partial charge on any atom is -0.501 e. The van der Waals surface area contributed by atoms with Crippen molar-refractivity contribution in [1.29, 1.82) is 0 Å². The lowest BCUT2D eigenvalue weighted by Crippen LogP contribution is -2.50. The predicted octanol–water partition coefficient (Wildman–Crippen LogP) is 7.00. The molecule has 0 radical (unpaired) electrons. The molecule has 1 fully saturated rings. The molecule has 226 valence electrons. The Morgan fingerprint density at radius 1 is 1.07 bits per heavy atom. The van der Waals surface area contributed by atoms with Crippen LogP contribution in [0, 0.1) is 12.7 Å². The Balaban J connectivity index is 1.22. The Kier molecular flexibility index (Phi) is 9.09. The van der Waals surface area contributed by atoms with Crippen molar-refractivity contribution in [3.63, 3.8) is 0 Å². The number of nitrogens with one attached hydrogen (secondary N) is 2. The molecular weight excluding hydrogens is 561 g/mol. The number of aromatic nitrogens is 1. The van der Waals surface area contributed by atoms with Crippen LogP contribution in [0.25, 0.3) is 16.5 Å². The van der Waals surface area contributed by atoms with Crippen LogP contribution in [-0.4, -0.2) is 55.1 Å². The quantitative estimate of drug-likeness (QED) is 0.168. The number of methoxy groups -OCH3 is 1. The molecule has 2 N–H and O–H groups in total. The number of hydrogen-bond acceptors (Lipinski definition) is 6. The fourth-order valence-corrected chi connectivity index (χ4v) is 5.03. The number of benzene rings is 2. The number of piperazine rings is 1. The van der Waals surface area contributed by atoms with Gasteiger partial charge >= 0.3 is 6.03 Å². The third-order valence-corrected chi connectivity index (χ3v) is 7.55. The van der Waals surface area contributed by atoms with Gasteiger partial charge in [-0.3, -0.25) is 4.79 Å². The first-order valence-electron chi connectivity index (χ1n) is 14.2. The number of aryl methyl sites for hydroxylation is 1. The summed E-state index contributed by atoms with van der Waals surface area (Å²) in [5, 5.41) is 6.33. The zero-order valence-corrected chi connectivity index (χ0v) is 24.9. The van der Waals surface area contributed by atoms with E-state index in [9.17, 15) is 14.0 Å². The number of ether oxygens (including phenoxy) is 1. The summed E-state index contributed by atoms with van der Waals surface area (Å²) in [4.78, 5) is 34.0. The summed E-state index contributed by atoms with van der Waals surface area (Å²) < 4.78 is 25.3. The second-order valence-corrected chi connectivity index (χ2v) is 10.3. The number of halogens is 1. The van der Waals surface area contributed by atoms with Gasteiger partial charge in [0.25, 0.3) is 5.91 Å². The average Bonchev–Trinajstić information content (AvgIpc) is 3.38. The number of amides is 3. The molecule has 3 amide bonds. The lowest BCUT2D eigenvalue weighted by molar-refractivity contribution is 0.0998. The third kappa shape index (κ3) is 6.49. The highest BCUT2D eigenvalue weighted by Gasteiger charge is 2.23. The summed E-state index contributed by atoms with van der Waals surface area (Å²) in [5.41, 5.74) is 3.84. The number of carbonyl (C=O) groups is 2. The summed E-state index contributed by atoms with van der Waals surface area (Å²) in [5.74, 6) is 0.855. The van der Waals surface area contributed by atoms with E-state index in [0.29, 0.717) is 37.4 Å². The van der Waals surface area contributed by atoms with E-state index in [0.717, 1.165) is 33.7 Å². The van der Waals surface area contributed by atoms with E-state index in [1.807, 2.05) is 50.3 Å². The zero-order chi connectivity index (χ0) is 31.2. The van der Waals surface area contributed by atoms with Gasteiger partial charge in [-0.25, -0.2) is 14.2 Å². The number of hydrogen-bond donors (Lipinski definition) is 2. The normalized spacial score (nSPS) is 14.0. The van der Waals surface area contributed by atoms with E-state index in [1.165, 1.54) is 12.1 Å². The number of para-hydroxylation sites is 1. The van der Waals surface area contributed by atoms with Crippen LogP contribution >= 0.6 is 0 Å². The largest absolute Gasteiger partial charge is 0.501 e. The van der Waals surface area contributed by atoms with E-state index in [-0.39, 0.29) is 23.4 Å². The van der Waals surface area contributed by atoms with Gasteiger partial charge in [-0.15, -0.1) is 0 Å². The van der Waals surface area contributed by atoms with Crippen molar-refractivity contribution >= 4 is 45.7 Å². The van der Waals surface area contributed by atoms with Gasteiger partial charge in [0.05, 0.1) is 24.7 Å². The Labute approximate surface area is 255 Å². The Morgan fingerprint density at radius 3 is 2.52 bits per heavy atom. The van der Waals surface area contributed by atoms with Gasteiger partial charge in [-0.05, 0) is 55.8 Å². The standard InChI is InChI=1S/C34H34FN5O4/c1-5-6-9-26(23(3)43-4)24-12-14-30-27(20-24)22(2)32(44-30)33(41)37-25-13-15-31(36-21-25)39-16-18-40(19-17-39)34(42)38-29-11-8-7-10-28(29)35/h5-15,20-21H,1,16-19H2,2-4H3,(H,37,41)(H,38,42)/b9-6-,26-23-. The molecule has 10 heteroatoms. The summed E-state index contributed by atoms with van der Waals surface area (Å²) in [6.45, 7) is 9.53. The highest BCUT2D eigenvalue weighted by atomic mass is 19.1. The molecule has 0 aliphatic carbocycles. The van der Waals surface area contributed by atoms with Crippen LogP contribution in [0.3, 0.4) is 0 Å². The highest BCUT2D eigenvalue weighted by Crippen LogP contribution is 2.31. The molecule has 5 rings (SSSR count). The molecule has 2 aromatic heterocycles. The number of pyridine rings is 1. The van der Waals surface area contributed by atoms with Crippen molar-refractivity contribution in [2.75, 3.05) is 48.8 Å². The van der Waals surface area contributed by atoms with Crippen LogP contribution in [0.4, 0.5) is 26.4 Å². The summed E-state index contributed by atoms with van der Waals surface area (Å²) in [7, 11) is 1.63. The van der Waals surface area contributed by atoms with Crippen molar-refractivity contribution < 1.29 is 23.1 Å². The van der Waals surface area contributed by atoms with Crippen LogP contribution in [0.1, 0.15) is 28.6 Å². The van der Waals surface area contributed by atoms with Gasteiger partial charge < -0.3 is 29.6 Å². The lowest BCUT2D eigenvalue weighted by Gasteiger charge is -2.35. The molecule has 9 nitrogen and oxygen atoms in total. The molecule has 0 unspecified atom stereocenters. The first-order chi connectivity index (χ1) is 21.3. The van der Waals surface area contributed by atoms with Gasteiger partial charge in [0, 0.05) is 42.7 Å². The molecular formula is C34H34FN5O4. The Morgan fingerprint density at radius 2 is 1.84 bits per heavy atom. The molecule has 0 saturated carbocycles. The maximum absolute atomic E-state index is 13.9. The minimum absolute atomic E-state index is 0.155. The summed E-state index contributed by atoms with van der Waals surface area (Å²) in [6.07, 6.45) is 7.07. The van der Waals surface area contributed by atoms with E-state index in [1.54, 1.807) is 42.5 Å². The topological polar surface area (TPSA) is 99.9 Å². The molecule has 2 aromatic carbocycles. The minimum atomic E-state index is -0.475. The third-order valence-electron chi connectivity index (χ3n) is 7.55. The number of urea groups is 1. The fraction of sp³-hybridized carbons (Fsp3) is 0.206. The van der Waals surface area contributed by atoms with Crippen molar-refractivity contribution in [2.45, 2.75) is 13.8 Å². The number of nitrogens with zero attached hydrogens (tertiary/aromatic N) is 3. The van der Waals surface area contributed by atoms with E-state index in [4.69, 9.17) is 9.15 Å². The average molecular weight is 596 g/mol. The summed E-state index contributed by atoms with van der Waals surface area (Å²) >= 11 is 0. The number of furan rings is 1. The first kappa shape index (κ1) is 30.1. The highest BCUT2D eigenvalue weighted by molar-refractivity contribution is 6.06. The first-order valence-corrected chi connectivity index (χ1v) is 14.2. The van der Waals surface area contributed by atoms with Crippen LogP contribution in [0.5, 0.6) is 0 Å². The second-order valence-electron chi connectivity index (χ2n) is 10.3. The number of carbonyl (C=O) groups excluding carboxylic acids is 2. The van der Waals surface area contributed by atoms with Crippen LogP contribution in [-0.2, 0) is 4.74 Å². The molecule has 3 heterocycles. The Bertz CT molecular complexity index is 1750. The number of allylic oxidation sites excluding steroid dienone is 5. The molecule has 1 aliphatic rings. The van der Waals surface area contributed by atoms with Crippen LogP contribution in [0.2, 0.25) is 0 Å². The van der Waals surface area contributed by atoms with E-state index >= 15 is 0 Å². The molecule has 0 bridgehead atoms. The van der Waals surface area contributed by atoms with Gasteiger partial charge in [0.15, 0.2) is 5.76 Å². The van der Waals surface area contributed by atoms with E-state index in [2.05, 4.69) is 27.1 Å². The fourth-order valence-electron chi connectivity index (χ4n) is 5.03. The molecule has 4 aromatic rings. The maximum Gasteiger partial charge on any atom is 0.322 e. The molecule has 1 saturated heterocycles. The molecule has 0 atom stereocenters. The monoisotopic (exact) mass is 595 g/mol. The van der Waals surface area contributed by atoms with Gasteiger partial charge in [-0.1, -0.05) is 43.0 Å². The maximum atomic E-state index is 13.9. The second kappa shape index (κ2) is 13.3. The lowest BCUT2D eigenvalue weighted by atomic mass is 10.0. The Hall–Kier alpha value is -5.38. The zero-order valence-electron chi connectivity index (χ0n) is 24.9.